The summed E-state index contributed by atoms with van der Waals surface area (Å²) in [6.07, 6.45) is 13.8. The van der Waals surface area contributed by atoms with Crippen LogP contribution in [0, 0.1) is 53.3 Å². The standard InChI is InChI=1S/C46H52F2N8O5.C15H12F3NO.C2H6/c1-5-33-36(47)11-8-29-19-32(57)20-34(40(29)33)42-41(48)43-35(22-49-42)44(55-23-30-9-10-31(24-55)50-30)52-46(51-43)59-18-17-54-15-12-28(13-16-54)25-60-38-21-37(61-53-38)39(26(2)3)45(58)56-14-6-7-27(56)4;1-9(19-8-20)10-2-4-11(5-3-10)15-13(17)6-12(16)7-14(15)18;1-2/h1,8,11,19-22,26-28,30-31,39,50,57H,6-7,9-10,12-18,23-25H2,2-4H3;2-9H,1H3,(H,19,20);1-2H3. The van der Waals surface area contributed by atoms with E-state index in [0.717, 1.165) is 63.7 Å². The van der Waals surface area contributed by atoms with Crippen molar-refractivity contribution in [3.63, 3.8) is 0 Å². The van der Waals surface area contributed by atoms with Gasteiger partial charge >= 0.3 is 6.01 Å². The number of fused-ring (bicyclic) bond motifs is 4. The number of hydrogen-bond acceptors (Lipinski definition) is 13. The molecule has 5 atom stereocenters. The average Bonchev–Trinajstić information content (AvgIpc) is 4.02. The number of rotatable bonds is 16. The summed E-state index contributed by atoms with van der Waals surface area (Å²) in [6, 6.07) is 15.6. The number of nitrogens with one attached hydrogen (secondary N) is 2. The van der Waals surface area contributed by atoms with Gasteiger partial charge in [0.15, 0.2) is 11.6 Å². The summed E-state index contributed by atoms with van der Waals surface area (Å²) in [5.41, 5.74) is 0.834. The fourth-order valence-corrected chi connectivity index (χ4v) is 11.7. The van der Waals surface area contributed by atoms with Gasteiger partial charge in [0.1, 0.15) is 58.6 Å². The Labute approximate surface area is 479 Å². The van der Waals surface area contributed by atoms with E-state index in [1.54, 1.807) is 25.1 Å². The van der Waals surface area contributed by atoms with E-state index in [4.69, 9.17) is 25.4 Å². The Kier molecular flexibility index (Phi) is 19.1. The SMILES string of the molecule is C#Cc1c(F)ccc2cc(O)cc(-c3ncc4c(N5CC6CCC(C5)N6)nc(OCCN5CCC(COc6cc(C(C(=O)N7CCCC7C)C(C)C)on6)CC5)nc4c3F)c12.CC.CC(NC=O)c1ccc(-c2c(F)cc(F)cc2F)cc1. The smallest absolute Gasteiger partial charge is 0.319 e. The average molecular weight is 1140 g/mol. The van der Waals surface area contributed by atoms with Gasteiger partial charge in [-0.2, -0.15) is 9.97 Å². The van der Waals surface area contributed by atoms with Crippen LogP contribution in [0.15, 0.2) is 77.4 Å². The summed E-state index contributed by atoms with van der Waals surface area (Å²) < 4.78 is 90.0. The van der Waals surface area contributed by atoms with Crippen LogP contribution >= 0.6 is 0 Å². The maximum atomic E-state index is 16.9. The van der Waals surface area contributed by atoms with Crippen molar-refractivity contribution in [3.05, 3.63) is 119 Å². The third-order valence-corrected chi connectivity index (χ3v) is 16.0. The molecule has 4 aliphatic rings. The highest BCUT2D eigenvalue weighted by molar-refractivity contribution is 6.03. The Morgan fingerprint density at radius 3 is 2.27 bits per heavy atom. The topological polar surface area (TPSA) is 171 Å². The third-order valence-electron chi connectivity index (χ3n) is 16.0. The van der Waals surface area contributed by atoms with Gasteiger partial charge in [-0.3, -0.25) is 19.5 Å². The number of aromatic nitrogens is 4. The highest BCUT2D eigenvalue weighted by Crippen LogP contribution is 2.40. The molecule has 7 aromatic rings. The predicted molar refractivity (Wildman–Crippen MR) is 307 cm³/mol. The number of pyridine rings is 1. The highest BCUT2D eigenvalue weighted by atomic mass is 19.2. The van der Waals surface area contributed by atoms with E-state index in [9.17, 15) is 32.3 Å². The molecule has 83 heavy (non-hydrogen) atoms. The number of anilines is 1. The maximum absolute atomic E-state index is 16.9. The van der Waals surface area contributed by atoms with Gasteiger partial charge in [0, 0.05) is 79.7 Å². The van der Waals surface area contributed by atoms with Crippen molar-refractivity contribution < 1.29 is 50.6 Å². The van der Waals surface area contributed by atoms with Gasteiger partial charge in [0.25, 0.3) is 5.88 Å². The number of phenolic OH excluding ortho intramolecular Hbond substituents is 1. The Morgan fingerprint density at radius 1 is 0.904 bits per heavy atom. The molecular formula is C63H70F5N9O6. The summed E-state index contributed by atoms with van der Waals surface area (Å²) in [5, 5.41) is 22.1. The number of phenols is 1. The fraction of sp³-hybridized carbons (Fsp3) is 0.429. The summed E-state index contributed by atoms with van der Waals surface area (Å²) in [4.78, 5) is 44.2. The summed E-state index contributed by atoms with van der Waals surface area (Å²) in [7, 11) is 0. The second-order valence-corrected chi connectivity index (χ2v) is 21.8. The minimum absolute atomic E-state index is 0.0126. The van der Waals surface area contributed by atoms with E-state index in [1.807, 2.05) is 32.6 Å². The number of hydrogen-bond donors (Lipinski definition) is 3. The lowest BCUT2D eigenvalue weighted by Crippen LogP contribution is -2.51. The van der Waals surface area contributed by atoms with Gasteiger partial charge in [-0.1, -0.05) is 63.9 Å². The minimum Gasteiger partial charge on any atom is -0.508 e. The van der Waals surface area contributed by atoms with Gasteiger partial charge in [-0.15, -0.1) is 6.42 Å². The second kappa shape index (κ2) is 26.6. The first kappa shape index (κ1) is 59.7. The molecule has 2 amide bonds. The minimum atomic E-state index is -0.954. The van der Waals surface area contributed by atoms with Crippen LogP contribution in [0.4, 0.5) is 27.8 Å². The monoisotopic (exact) mass is 1140 g/mol. The first-order chi connectivity index (χ1) is 40.1. The van der Waals surface area contributed by atoms with Gasteiger partial charge in [0.05, 0.1) is 29.2 Å². The van der Waals surface area contributed by atoms with Crippen LogP contribution in [0.2, 0.25) is 0 Å². The van der Waals surface area contributed by atoms with Crippen molar-refractivity contribution in [1.82, 2.24) is 40.5 Å². The lowest BCUT2D eigenvalue weighted by Gasteiger charge is -2.34. The van der Waals surface area contributed by atoms with Gasteiger partial charge < -0.3 is 39.5 Å². The lowest BCUT2D eigenvalue weighted by atomic mass is 9.91. The van der Waals surface area contributed by atoms with Crippen LogP contribution in [0.1, 0.15) is 109 Å². The van der Waals surface area contributed by atoms with Gasteiger partial charge in [-0.05, 0) is 117 Å². The number of amides is 2. The van der Waals surface area contributed by atoms with E-state index in [2.05, 4.69) is 48.4 Å². The molecule has 4 fully saturated rings. The predicted octanol–water partition coefficient (Wildman–Crippen LogP) is 11.3. The number of nitrogens with zero attached hydrogens (tertiary/aromatic N) is 7. The molecular weight excluding hydrogens is 1070 g/mol. The molecule has 0 aliphatic carbocycles. The molecule has 3 N–H and O–H groups in total. The van der Waals surface area contributed by atoms with Gasteiger partial charge in [0.2, 0.25) is 12.3 Å². The molecule has 438 valence electrons. The molecule has 4 aromatic carbocycles. The Hall–Kier alpha value is -7.89. The first-order valence-corrected chi connectivity index (χ1v) is 28.6. The van der Waals surface area contributed by atoms with Crippen molar-refractivity contribution in [3.8, 4) is 52.4 Å². The number of ether oxygens (including phenoxy) is 2. The molecule has 2 bridgehead atoms. The number of halogens is 5. The summed E-state index contributed by atoms with van der Waals surface area (Å²) in [6.45, 7) is 17.2. The van der Waals surface area contributed by atoms with Crippen LogP contribution in [0.25, 0.3) is 44.1 Å². The quantitative estimate of drug-likeness (QED) is 0.0475. The molecule has 5 unspecified atom stereocenters. The highest BCUT2D eigenvalue weighted by Gasteiger charge is 2.37. The Bertz CT molecular complexity index is 3440. The zero-order valence-corrected chi connectivity index (χ0v) is 47.5. The molecule has 0 saturated carbocycles. The fourth-order valence-electron chi connectivity index (χ4n) is 11.7. The number of aromatic hydroxyl groups is 1. The van der Waals surface area contributed by atoms with Crippen molar-refractivity contribution in [2.24, 2.45) is 11.8 Å². The number of benzene rings is 4. The zero-order valence-electron chi connectivity index (χ0n) is 47.5. The maximum Gasteiger partial charge on any atom is 0.319 e. The molecule has 11 rings (SSSR count). The van der Waals surface area contributed by atoms with E-state index < -0.39 is 35.0 Å². The van der Waals surface area contributed by atoms with Crippen molar-refractivity contribution in [2.45, 2.75) is 110 Å². The first-order valence-electron chi connectivity index (χ1n) is 28.6. The number of likely N-dealkylation sites (tertiary alicyclic amines) is 2. The molecule has 15 nitrogen and oxygen atoms in total. The van der Waals surface area contributed by atoms with E-state index in [1.165, 1.54) is 42.6 Å². The second-order valence-electron chi connectivity index (χ2n) is 21.8. The van der Waals surface area contributed by atoms with Crippen LogP contribution in [-0.2, 0) is 9.59 Å². The molecule has 3 aromatic heterocycles. The molecule has 4 saturated heterocycles. The number of piperidine rings is 1. The summed E-state index contributed by atoms with van der Waals surface area (Å²) >= 11 is 0. The molecule has 7 heterocycles. The van der Waals surface area contributed by atoms with Crippen LogP contribution in [-0.4, -0.2) is 118 Å². The van der Waals surface area contributed by atoms with E-state index in [0.29, 0.717) is 96.6 Å². The molecule has 0 spiro atoms. The van der Waals surface area contributed by atoms with E-state index >= 15 is 4.39 Å². The van der Waals surface area contributed by atoms with Crippen molar-refractivity contribution in [2.75, 3.05) is 57.4 Å². The largest absolute Gasteiger partial charge is 0.508 e. The van der Waals surface area contributed by atoms with E-state index in [-0.39, 0.29) is 75.6 Å². The zero-order chi connectivity index (χ0) is 59.1. The van der Waals surface area contributed by atoms with Crippen molar-refractivity contribution >= 4 is 39.8 Å². The molecule has 0 radical (unpaired) electrons. The summed E-state index contributed by atoms with van der Waals surface area (Å²) in [5.74, 6) is -0.404. The number of carbonyl (C=O) groups excluding carboxylic acids is 2. The molecule has 20 heteroatoms. The molecule has 4 aliphatic heterocycles. The Morgan fingerprint density at radius 2 is 1.61 bits per heavy atom. The Balaban J connectivity index is 0.000000317. The number of carbonyl (C=O) groups is 2. The normalized spacial score (nSPS) is 18.7. The van der Waals surface area contributed by atoms with Gasteiger partial charge in [-0.25, -0.2) is 22.0 Å². The van der Waals surface area contributed by atoms with Crippen LogP contribution < -0.4 is 25.0 Å². The third kappa shape index (κ3) is 13.3. The van der Waals surface area contributed by atoms with Crippen LogP contribution in [0.3, 0.4) is 0 Å². The number of piperazine rings is 1. The number of terminal acetylenes is 1. The lowest BCUT2D eigenvalue weighted by molar-refractivity contribution is -0.135. The van der Waals surface area contributed by atoms with Crippen molar-refractivity contribution in [1.29, 1.82) is 0 Å². The van der Waals surface area contributed by atoms with Crippen LogP contribution in [0.5, 0.6) is 17.6 Å².